The summed E-state index contributed by atoms with van der Waals surface area (Å²) < 4.78 is 61.1. The Morgan fingerprint density at radius 1 is 0.803 bits per heavy atom. The minimum atomic E-state index is -3.32. The van der Waals surface area contributed by atoms with Crippen LogP contribution in [-0.4, -0.2) is 125 Å². The van der Waals surface area contributed by atoms with Gasteiger partial charge in [0.2, 0.25) is 5.91 Å². The van der Waals surface area contributed by atoms with Gasteiger partial charge in [-0.2, -0.15) is 8.78 Å². The fourth-order valence-corrected chi connectivity index (χ4v) is 11.2. The number of amides is 3. The third-order valence-corrected chi connectivity index (χ3v) is 14.8. The van der Waals surface area contributed by atoms with Crippen LogP contribution >= 0.6 is 0 Å². The number of H-pyrrole nitrogens is 2. The Bertz CT molecular complexity index is 2970. The number of rotatable bonds is 11. The smallest absolute Gasteiger partial charge is 0.407 e. The van der Waals surface area contributed by atoms with Crippen LogP contribution < -0.4 is 10.6 Å². The maximum absolute atomic E-state index is 16.8. The molecule has 1 aliphatic carbocycles. The van der Waals surface area contributed by atoms with Crippen LogP contribution in [0.2, 0.25) is 0 Å². The molecule has 2 aromatic heterocycles. The number of nitrogens with one attached hydrogen (secondary N) is 4. The Hall–Kier alpha value is -6.77. The fourth-order valence-electron chi connectivity index (χ4n) is 11.2. The van der Waals surface area contributed by atoms with Crippen molar-refractivity contribution in [2.24, 2.45) is 5.92 Å². The zero-order valence-corrected chi connectivity index (χ0v) is 39.2. The van der Waals surface area contributed by atoms with Crippen molar-refractivity contribution in [3.05, 3.63) is 119 Å². The van der Waals surface area contributed by atoms with Crippen molar-refractivity contribution in [2.75, 3.05) is 53.7 Å². The summed E-state index contributed by atoms with van der Waals surface area (Å²) in [5, 5.41) is 17.6. The third-order valence-electron chi connectivity index (χ3n) is 14.8. The Morgan fingerprint density at radius 3 is 2.21 bits per heavy atom. The van der Waals surface area contributed by atoms with E-state index in [0.717, 1.165) is 6.42 Å². The number of halogens is 2. The number of aromatic amines is 2. The summed E-state index contributed by atoms with van der Waals surface area (Å²) in [6, 6.07) is 22.2. The molecule has 3 amide bonds. The number of alkyl halides is 2. The first-order valence-corrected chi connectivity index (χ1v) is 24.0. The molecule has 4 aromatic carbocycles. The first kappa shape index (κ1) is 46.6. The Labute approximate surface area is 407 Å². The van der Waals surface area contributed by atoms with Crippen LogP contribution in [0.3, 0.4) is 0 Å². The highest BCUT2D eigenvalue weighted by Gasteiger charge is 2.53. The lowest BCUT2D eigenvalue weighted by Gasteiger charge is -2.34. The first-order valence-electron chi connectivity index (χ1n) is 24.0. The van der Waals surface area contributed by atoms with Crippen LogP contribution in [-0.2, 0) is 34.4 Å². The molecule has 71 heavy (non-hydrogen) atoms. The van der Waals surface area contributed by atoms with E-state index < -0.39 is 54.3 Å². The summed E-state index contributed by atoms with van der Waals surface area (Å²) in [6.07, 6.45) is 1.96. The van der Waals surface area contributed by atoms with Gasteiger partial charge in [0.05, 0.1) is 75.0 Å². The fraction of sp³-hybridized carbons (Fsp3) is 0.404. The van der Waals surface area contributed by atoms with Crippen LogP contribution in [0.5, 0.6) is 0 Å². The number of fused-ring (bicyclic) bond motifs is 4. The SMILES string of the molecule is COC(=O)N[C@H](C(=O)N1CCCC1c1ncc(-c2ccc3c(c2)C(F)(F)c2cc(-c4ccc5nc(C6CC7(CN6C(O)[C@H](NC(=O)OC)c6ccccc6)OCCO7)[nH]c5c4)ccc2-3)[nH]1)C1CCOCC1. The number of aromatic nitrogens is 4. The van der Waals surface area contributed by atoms with Gasteiger partial charge < -0.3 is 54.3 Å². The van der Waals surface area contributed by atoms with E-state index in [1.807, 2.05) is 54.6 Å². The van der Waals surface area contributed by atoms with Gasteiger partial charge in [-0.1, -0.05) is 60.7 Å². The molecule has 4 fully saturated rings. The van der Waals surface area contributed by atoms with Gasteiger partial charge in [0.25, 0.3) is 5.92 Å². The quantitative estimate of drug-likeness (QED) is 0.0859. The van der Waals surface area contributed by atoms with Gasteiger partial charge in [-0.15, -0.1) is 0 Å². The minimum Gasteiger partial charge on any atom is -0.453 e. The molecule has 5 aliphatic rings. The zero-order valence-electron chi connectivity index (χ0n) is 39.2. The van der Waals surface area contributed by atoms with Gasteiger partial charge in [0, 0.05) is 42.9 Å². The molecule has 370 valence electrons. The number of aliphatic hydroxyl groups is 1. The van der Waals surface area contributed by atoms with Crippen LogP contribution in [0, 0.1) is 5.92 Å². The molecular formula is C52H54F2N8O9. The maximum Gasteiger partial charge on any atom is 0.407 e. The molecule has 19 heteroatoms. The molecule has 4 saturated heterocycles. The summed E-state index contributed by atoms with van der Waals surface area (Å²) in [5.41, 5.74) is 4.96. The summed E-state index contributed by atoms with van der Waals surface area (Å²) in [4.78, 5) is 58.9. The van der Waals surface area contributed by atoms with Crippen LogP contribution in [0.15, 0.2) is 91.1 Å². The van der Waals surface area contributed by atoms with Gasteiger partial charge in [-0.25, -0.2) is 19.6 Å². The van der Waals surface area contributed by atoms with Crippen molar-refractivity contribution in [3.63, 3.8) is 0 Å². The number of alkyl carbamates (subject to hydrolysis) is 2. The topological polar surface area (TPSA) is 205 Å². The molecule has 0 saturated carbocycles. The third kappa shape index (κ3) is 8.58. The van der Waals surface area contributed by atoms with E-state index in [4.69, 9.17) is 28.7 Å². The monoisotopic (exact) mass is 972 g/mol. The highest BCUT2D eigenvalue weighted by Crippen LogP contribution is 2.53. The molecule has 4 aliphatic heterocycles. The number of hydrogen-bond donors (Lipinski definition) is 5. The zero-order chi connectivity index (χ0) is 49.0. The molecule has 0 bridgehead atoms. The Balaban J connectivity index is 0.835. The van der Waals surface area contributed by atoms with E-state index in [-0.39, 0.29) is 29.5 Å². The van der Waals surface area contributed by atoms with Crippen molar-refractivity contribution >= 4 is 29.1 Å². The average Bonchev–Trinajstić information content (AvgIpc) is 4.28. The number of carbonyl (C=O) groups excluding carboxylic acids is 3. The minimum absolute atomic E-state index is 0.108. The van der Waals surface area contributed by atoms with E-state index >= 15 is 8.78 Å². The summed E-state index contributed by atoms with van der Waals surface area (Å²) in [7, 11) is 2.53. The number of imidazole rings is 2. The van der Waals surface area contributed by atoms with Crippen molar-refractivity contribution in [3.8, 4) is 33.5 Å². The molecule has 11 rings (SSSR count). The van der Waals surface area contributed by atoms with Gasteiger partial charge in [-0.05, 0) is 83.7 Å². The second kappa shape index (κ2) is 18.8. The average molecular weight is 973 g/mol. The van der Waals surface area contributed by atoms with E-state index in [2.05, 4.69) is 25.6 Å². The Morgan fingerprint density at radius 2 is 1.48 bits per heavy atom. The van der Waals surface area contributed by atoms with Crippen LogP contribution in [0.1, 0.15) is 78.6 Å². The second-order valence-electron chi connectivity index (χ2n) is 18.8. The molecule has 5 atom stereocenters. The highest BCUT2D eigenvalue weighted by molar-refractivity contribution is 5.88. The molecule has 6 aromatic rings. The lowest BCUT2D eigenvalue weighted by Crippen LogP contribution is -2.53. The molecular weight excluding hydrogens is 919 g/mol. The number of benzene rings is 4. The second-order valence-corrected chi connectivity index (χ2v) is 18.8. The van der Waals surface area contributed by atoms with Gasteiger partial charge in [-0.3, -0.25) is 9.69 Å². The highest BCUT2D eigenvalue weighted by atomic mass is 19.3. The standard InChI is InChI=1S/C52H54F2N8O9/c1-67-49(65)59-43(29-7-4-3-5-8-29)48(64)62-28-51(70-21-22-71-51)26-42(62)46-56-38-15-12-32(25-39(38)57-46)31-10-13-34-35-14-11-33(24-37(35)52(53,54)36(34)23-31)40-27-55-45(58-40)41-9-6-18-61(41)47(63)44(60-50(66)68-2)30-16-19-69-20-17-30/h3-5,7-8,10-15,23-25,27,30,41-44,48,64H,6,9,16-22,26,28H2,1-2H3,(H,55,58)(H,56,57)(H,59,65)(H,60,66)/t41?,42?,43-,44+,48?/m1/s1. The predicted octanol–water partition coefficient (Wildman–Crippen LogP) is 7.46. The Kier molecular flexibility index (Phi) is 12.3. The molecule has 5 N–H and O–H groups in total. The van der Waals surface area contributed by atoms with Crippen molar-refractivity contribution < 1.29 is 52.0 Å². The van der Waals surface area contributed by atoms with Crippen molar-refractivity contribution in [1.29, 1.82) is 0 Å². The van der Waals surface area contributed by atoms with Crippen molar-refractivity contribution in [1.82, 2.24) is 40.4 Å². The molecule has 1 spiro atoms. The normalized spacial score (nSPS) is 21.7. The number of carbonyl (C=O) groups is 3. The van der Waals surface area contributed by atoms with Gasteiger partial charge >= 0.3 is 12.2 Å². The molecule has 17 nitrogen and oxygen atoms in total. The van der Waals surface area contributed by atoms with Gasteiger partial charge in [0.1, 0.15) is 23.9 Å². The summed E-state index contributed by atoms with van der Waals surface area (Å²) in [6.45, 7) is 2.46. The van der Waals surface area contributed by atoms with E-state index in [1.54, 1.807) is 40.3 Å². The lowest BCUT2D eigenvalue weighted by atomic mass is 9.90. The van der Waals surface area contributed by atoms with Gasteiger partial charge in [0.15, 0.2) is 5.79 Å². The number of methoxy groups -OCH3 is 2. The van der Waals surface area contributed by atoms with Crippen LogP contribution in [0.4, 0.5) is 18.4 Å². The number of likely N-dealkylation sites (tertiary alicyclic amines) is 2. The van der Waals surface area contributed by atoms with E-state index in [0.29, 0.717) is 120 Å². The molecule has 0 radical (unpaired) electrons. The van der Waals surface area contributed by atoms with E-state index in [1.165, 1.54) is 20.3 Å². The number of aliphatic hydroxyl groups excluding tert-OH is 1. The lowest BCUT2D eigenvalue weighted by molar-refractivity contribution is -0.153. The summed E-state index contributed by atoms with van der Waals surface area (Å²) >= 11 is 0. The summed E-state index contributed by atoms with van der Waals surface area (Å²) in [5.74, 6) is -3.57. The van der Waals surface area contributed by atoms with E-state index in [9.17, 15) is 19.5 Å². The molecule has 3 unspecified atom stereocenters. The maximum atomic E-state index is 16.8. The predicted molar refractivity (Wildman–Crippen MR) is 254 cm³/mol. The molecule has 6 heterocycles. The van der Waals surface area contributed by atoms with Crippen LogP contribution in [0.25, 0.3) is 44.5 Å². The first-order chi connectivity index (χ1) is 34.4. The van der Waals surface area contributed by atoms with Crippen molar-refractivity contribution in [2.45, 2.75) is 74.2 Å². The number of nitrogens with zero attached hydrogens (tertiary/aromatic N) is 4. The largest absolute Gasteiger partial charge is 0.453 e. The number of ether oxygens (including phenoxy) is 5. The number of hydrogen-bond acceptors (Lipinski definition) is 12.